The summed E-state index contributed by atoms with van der Waals surface area (Å²) in [5.41, 5.74) is 0. The number of carboxylic acids is 3. The Morgan fingerprint density at radius 3 is 0.545 bits per heavy atom. The Labute approximate surface area is 142 Å². The van der Waals surface area contributed by atoms with Gasteiger partial charge >= 0.3 is 55.4 Å². The van der Waals surface area contributed by atoms with Crippen molar-refractivity contribution in [2.75, 3.05) is 0 Å². The fourth-order valence-corrected chi connectivity index (χ4v) is 0. The maximum absolute atomic E-state index is 10.5. The van der Waals surface area contributed by atoms with Gasteiger partial charge in [-0.2, -0.15) is 39.5 Å². The maximum Gasteiger partial charge on any atom is 3.00 e. The molecule has 0 aliphatic rings. The molecule has 0 unspecified atom stereocenters. The average molecular weight is 514 g/mol. The number of hydrogen-bond acceptors (Lipinski definition) is 6. The number of aliphatic carboxylic acids is 3. The number of halogens is 9. The molecule has 0 N–H and O–H groups in total. The molecule has 0 fully saturated rings. The van der Waals surface area contributed by atoms with Crippen LogP contribution in [-0.4, -0.2) is 36.4 Å². The maximum atomic E-state index is 10.5. The Morgan fingerprint density at radius 1 is 0.500 bits per heavy atom. The molecule has 0 atom stereocenters. The van der Waals surface area contributed by atoms with Crippen molar-refractivity contribution in [3.05, 3.63) is 0 Å². The molecule has 0 saturated heterocycles. The molecule has 0 aromatic rings. The third kappa shape index (κ3) is 21.3. The van der Waals surface area contributed by atoms with Crippen molar-refractivity contribution in [1.82, 2.24) is 0 Å². The molecule has 22 heavy (non-hydrogen) atoms. The van der Waals surface area contributed by atoms with Gasteiger partial charge in [-0.25, -0.2) is 0 Å². The van der Waals surface area contributed by atoms with Crippen molar-refractivity contribution in [3.63, 3.8) is 0 Å². The van der Waals surface area contributed by atoms with Crippen molar-refractivity contribution in [1.29, 1.82) is 0 Å². The summed E-state index contributed by atoms with van der Waals surface area (Å²) in [6.45, 7) is 0. The van der Waals surface area contributed by atoms with E-state index in [-0.39, 0.29) is 36.9 Å². The van der Waals surface area contributed by atoms with Gasteiger partial charge in [-0.1, -0.05) is 0 Å². The molecule has 0 aromatic heterocycles. The standard InChI is InChI=1S/3C2HF3O2.Lu/c3*3-2(4,5)1(6)7;/h3*(H,6,7);/q;;;+3/p-3. The normalized spacial score (nSPS) is 10.8. The summed E-state index contributed by atoms with van der Waals surface area (Å²) in [6, 6.07) is 0. The summed E-state index contributed by atoms with van der Waals surface area (Å²) < 4.78 is 94.6. The van der Waals surface area contributed by atoms with E-state index in [1.165, 1.54) is 0 Å². The van der Waals surface area contributed by atoms with E-state index >= 15 is 0 Å². The zero-order valence-electron chi connectivity index (χ0n) is 9.11. The van der Waals surface area contributed by atoms with E-state index in [0.29, 0.717) is 0 Å². The van der Waals surface area contributed by atoms with Crippen LogP contribution >= 0.6 is 0 Å². The summed E-state index contributed by atoms with van der Waals surface area (Å²) in [5, 5.41) is 26.4. The zero-order chi connectivity index (χ0) is 18.2. The molecule has 0 amide bonds. The van der Waals surface area contributed by atoms with Crippen LogP contribution in [0.1, 0.15) is 0 Å². The minimum atomic E-state index is -5.19. The number of hydrogen-bond donors (Lipinski definition) is 0. The first-order valence-corrected chi connectivity index (χ1v) is 3.68. The molecule has 138 valence electrons. The zero-order valence-corrected chi connectivity index (χ0v) is 10.8. The molecular formula is C6F9LuO6. The first-order chi connectivity index (χ1) is 8.83. The van der Waals surface area contributed by atoms with Crippen LogP contribution in [0.3, 0.4) is 0 Å². The molecule has 0 spiro atoms. The van der Waals surface area contributed by atoms with Crippen LogP contribution in [0, 0.1) is 36.9 Å². The molecule has 0 radical (unpaired) electrons. The van der Waals surface area contributed by atoms with E-state index in [1.54, 1.807) is 0 Å². The van der Waals surface area contributed by atoms with Crippen LogP contribution in [0.25, 0.3) is 0 Å². The van der Waals surface area contributed by atoms with Crippen LogP contribution in [0.2, 0.25) is 0 Å². The van der Waals surface area contributed by atoms with Crippen LogP contribution in [-0.2, 0) is 14.4 Å². The van der Waals surface area contributed by atoms with Gasteiger partial charge in [0.1, 0.15) is 17.9 Å². The van der Waals surface area contributed by atoms with E-state index in [9.17, 15) is 39.5 Å². The topological polar surface area (TPSA) is 120 Å². The monoisotopic (exact) mass is 514 g/mol. The quantitative estimate of drug-likeness (QED) is 0.342. The van der Waals surface area contributed by atoms with Gasteiger partial charge in [-0.15, -0.1) is 0 Å². The van der Waals surface area contributed by atoms with Crippen LogP contribution in [0.5, 0.6) is 0 Å². The SMILES string of the molecule is O=C([O-])C(F)(F)F.O=C([O-])C(F)(F)F.O=C([O-])C(F)(F)F.[Lu+3]. The van der Waals surface area contributed by atoms with Crippen molar-refractivity contribution in [3.8, 4) is 0 Å². The van der Waals surface area contributed by atoms with Crippen molar-refractivity contribution in [2.45, 2.75) is 18.5 Å². The van der Waals surface area contributed by atoms with E-state index in [1.807, 2.05) is 0 Å². The van der Waals surface area contributed by atoms with Crippen LogP contribution in [0.4, 0.5) is 39.5 Å². The third-order valence-corrected chi connectivity index (χ3v) is 0.694. The van der Waals surface area contributed by atoms with E-state index < -0.39 is 36.4 Å². The number of alkyl halides is 9. The van der Waals surface area contributed by atoms with Crippen molar-refractivity contribution >= 4 is 17.9 Å². The van der Waals surface area contributed by atoms with Crippen LogP contribution in [0.15, 0.2) is 0 Å². The minimum Gasteiger partial charge on any atom is -0.542 e. The Morgan fingerprint density at radius 2 is 0.545 bits per heavy atom. The van der Waals surface area contributed by atoms with Gasteiger partial charge in [-0.3, -0.25) is 0 Å². The fourth-order valence-electron chi connectivity index (χ4n) is 0. The summed E-state index contributed by atoms with van der Waals surface area (Å²) in [4.78, 5) is 26.4. The average Bonchev–Trinajstić information content (AvgIpc) is 2.14. The fraction of sp³-hybridized carbons (Fsp3) is 0.500. The third-order valence-electron chi connectivity index (χ3n) is 0.694. The Balaban J connectivity index is -0.000000108. The van der Waals surface area contributed by atoms with E-state index in [4.69, 9.17) is 29.7 Å². The van der Waals surface area contributed by atoms with Crippen molar-refractivity contribution < 1.29 is 106 Å². The molecule has 0 bridgehead atoms. The summed E-state index contributed by atoms with van der Waals surface area (Å²) in [7, 11) is 0. The summed E-state index contributed by atoms with van der Waals surface area (Å²) >= 11 is 0. The predicted molar refractivity (Wildman–Crippen MR) is 33.2 cm³/mol. The molecule has 0 aromatic carbocycles. The summed E-state index contributed by atoms with van der Waals surface area (Å²) in [6.07, 6.45) is -15.6. The molecular weight excluding hydrogens is 514 g/mol. The Kier molecular flexibility index (Phi) is 14.1. The second-order valence-corrected chi connectivity index (χ2v) is 2.36. The first-order valence-electron chi connectivity index (χ1n) is 3.68. The number of carbonyl (C=O) groups excluding carboxylic acids is 3. The van der Waals surface area contributed by atoms with Gasteiger partial charge in [-0.05, 0) is 0 Å². The minimum absolute atomic E-state index is 0. The number of carboxylic acid groups (broad SMARTS) is 3. The Bertz CT molecular complexity index is 313. The van der Waals surface area contributed by atoms with Gasteiger partial charge in [0, 0.05) is 0 Å². The van der Waals surface area contributed by atoms with Gasteiger partial charge in [0.05, 0.1) is 0 Å². The second-order valence-electron chi connectivity index (χ2n) is 2.36. The molecule has 0 saturated carbocycles. The Hall–Kier alpha value is -0.986. The second kappa shape index (κ2) is 10.7. The van der Waals surface area contributed by atoms with Crippen molar-refractivity contribution in [2.24, 2.45) is 0 Å². The summed E-state index contributed by atoms with van der Waals surface area (Å²) in [5.74, 6) is -9.02. The molecule has 0 rings (SSSR count). The largest absolute Gasteiger partial charge is 3.00 e. The molecule has 16 heteroatoms. The molecule has 0 aliphatic carbocycles. The van der Waals surface area contributed by atoms with Crippen LogP contribution < -0.4 is 15.3 Å². The smallest absolute Gasteiger partial charge is 0.542 e. The van der Waals surface area contributed by atoms with E-state index in [2.05, 4.69) is 0 Å². The number of rotatable bonds is 0. The van der Waals surface area contributed by atoms with Gasteiger partial charge in [0.15, 0.2) is 0 Å². The molecule has 0 aliphatic heterocycles. The molecule has 0 heterocycles. The van der Waals surface area contributed by atoms with Gasteiger partial charge in [0.25, 0.3) is 0 Å². The molecule has 6 nitrogen and oxygen atoms in total. The first kappa shape index (κ1) is 29.1. The number of carbonyl (C=O) groups is 3. The van der Waals surface area contributed by atoms with E-state index in [0.717, 1.165) is 0 Å². The predicted octanol–water partition coefficient (Wildman–Crippen LogP) is -2.10. The van der Waals surface area contributed by atoms with Gasteiger partial charge < -0.3 is 29.7 Å². The van der Waals surface area contributed by atoms with Gasteiger partial charge in [0.2, 0.25) is 0 Å².